The van der Waals surface area contributed by atoms with Gasteiger partial charge >= 0.3 is 11.9 Å². The van der Waals surface area contributed by atoms with Crippen molar-refractivity contribution in [3.05, 3.63) is 77.4 Å². The Kier molecular flexibility index (Phi) is 7.57. The van der Waals surface area contributed by atoms with Gasteiger partial charge < -0.3 is 24.4 Å². The Labute approximate surface area is 216 Å². The number of carbonyl (C=O) groups excluding carboxylic acids is 3. The van der Waals surface area contributed by atoms with Gasteiger partial charge in [0.05, 0.1) is 36.5 Å². The average Bonchev–Trinajstić information content (AvgIpc) is 2.94. The van der Waals surface area contributed by atoms with Crippen LogP contribution in [-0.2, 0) is 25.6 Å². The highest BCUT2D eigenvalue weighted by Crippen LogP contribution is 2.36. The van der Waals surface area contributed by atoms with Crippen molar-refractivity contribution in [1.82, 2.24) is 15.0 Å². The first-order valence-corrected chi connectivity index (χ1v) is 11.1. The van der Waals surface area contributed by atoms with Crippen LogP contribution in [0.3, 0.4) is 0 Å². The lowest BCUT2D eigenvalue weighted by atomic mass is 10.0. The molecule has 1 heterocycles. The van der Waals surface area contributed by atoms with E-state index in [0.29, 0.717) is 16.7 Å². The third-order valence-electron chi connectivity index (χ3n) is 5.50. The van der Waals surface area contributed by atoms with E-state index in [2.05, 4.69) is 15.0 Å². The van der Waals surface area contributed by atoms with E-state index in [1.54, 1.807) is 30.3 Å². The molecule has 0 saturated heterocycles. The van der Waals surface area contributed by atoms with Crippen molar-refractivity contribution < 1.29 is 38.8 Å². The van der Waals surface area contributed by atoms with E-state index in [-0.39, 0.29) is 58.7 Å². The van der Waals surface area contributed by atoms with Crippen molar-refractivity contribution in [2.24, 2.45) is 0 Å². The van der Waals surface area contributed by atoms with Gasteiger partial charge in [0.1, 0.15) is 18.1 Å². The minimum Gasteiger partial charge on any atom is -0.507 e. The predicted octanol–water partition coefficient (Wildman–Crippen LogP) is 3.53. The third kappa shape index (κ3) is 5.26. The predicted molar refractivity (Wildman–Crippen MR) is 133 cm³/mol. The largest absolute Gasteiger partial charge is 0.507 e. The summed E-state index contributed by atoms with van der Waals surface area (Å²) in [6, 6.07) is 15.3. The molecule has 0 unspecified atom stereocenters. The summed E-state index contributed by atoms with van der Waals surface area (Å²) in [6.45, 7) is -0.0846. The first-order valence-electron chi connectivity index (χ1n) is 11.1. The summed E-state index contributed by atoms with van der Waals surface area (Å²) < 4.78 is 14.4. The molecule has 1 aromatic heterocycles. The van der Waals surface area contributed by atoms with E-state index in [1.165, 1.54) is 44.6 Å². The van der Waals surface area contributed by atoms with Crippen LogP contribution in [0.15, 0.2) is 60.7 Å². The number of ether oxygens (including phenoxy) is 3. The molecule has 0 bridgehead atoms. The van der Waals surface area contributed by atoms with Gasteiger partial charge in [-0.25, -0.2) is 24.5 Å². The topological polar surface area (TPSA) is 158 Å². The number of phenolic OH excluding ortho intramolecular Hbond substituents is 2. The molecule has 2 N–H and O–H groups in total. The van der Waals surface area contributed by atoms with Gasteiger partial charge in [0.15, 0.2) is 17.5 Å². The molecule has 11 heteroatoms. The SMILES string of the molecule is COC(=O)c1ccc(-c2nc(-c3ccccc3O)nc(-c3c(O)cc(C(=O)OC)cc3COC=O)n2)cc1. The molecular formula is C27H21N3O8. The molecule has 0 spiro atoms. The summed E-state index contributed by atoms with van der Waals surface area (Å²) in [6.07, 6.45) is 0. The fourth-order valence-corrected chi connectivity index (χ4v) is 3.69. The number of para-hydroxylation sites is 1. The highest BCUT2D eigenvalue weighted by Gasteiger charge is 2.22. The van der Waals surface area contributed by atoms with Crippen LogP contribution < -0.4 is 0 Å². The van der Waals surface area contributed by atoms with Gasteiger partial charge in [0.25, 0.3) is 6.47 Å². The van der Waals surface area contributed by atoms with Crippen LogP contribution in [0.5, 0.6) is 11.5 Å². The van der Waals surface area contributed by atoms with E-state index in [0.717, 1.165) is 0 Å². The van der Waals surface area contributed by atoms with Crippen LogP contribution in [0.1, 0.15) is 26.3 Å². The second-order valence-corrected chi connectivity index (χ2v) is 7.82. The Bertz CT molecular complexity index is 1520. The van der Waals surface area contributed by atoms with Gasteiger partial charge in [-0.1, -0.05) is 24.3 Å². The Morgan fingerprint density at radius 2 is 1.42 bits per heavy atom. The van der Waals surface area contributed by atoms with Gasteiger partial charge in [-0.3, -0.25) is 4.79 Å². The first kappa shape index (κ1) is 25.8. The molecule has 0 saturated carbocycles. The summed E-state index contributed by atoms with van der Waals surface area (Å²) in [5.74, 6) is -1.48. The van der Waals surface area contributed by atoms with E-state index >= 15 is 0 Å². The van der Waals surface area contributed by atoms with Gasteiger partial charge in [0.2, 0.25) is 0 Å². The second kappa shape index (κ2) is 11.2. The van der Waals surface area contributed by atoms with Crippen molar-refractivity contribution >= 4 is 18.4 Å². The Morgan fingerprint density at radius 3 is 2.08 bits per heavy atom. The monoisotopic (exact) mass is 515 g/mol. The van der Waals surface area contributed by atoms with E-state index in [4.69, 9.17) is 14.2 Å². The number of nitrogens with zero attached hydrogens (tertiary/aromatic N) is 3. The Morgan fingerprint density at radius 1 is 0.789 bits per heavy atom. The lowest BCUT2D eigenvalue weighted by Gasteiger charge is -2.14. The van der Waals surface area contributed by atoms with Crippen molar-refractivity contribution in [2.75, 3.05) is 14.2 Å². The highest BCUT2D eigenvalue weighted by atomic mass is 16.5. The lowest BCUT2D eigenvalue weighted by Crippen LogP contribution is -2.07. The molecule has 38 heavy (non-hydrogen) atoms. The third-order valence-corrected chi connectivity index (χ3v) is 5.50. The molecule has 4 rings (SSSR count). The molecule has 0 aliphatic heterocycles. The second-order valence-electron chi connectivity index (χ2n) is 7.82. The summed E-state index contributed by atoms with van der Waals surface area (Å²) in [7, 11) is 2.47. The maximum atomic E-state index is 12.1. The number of aromatic hydroxyl groups is 2. The molecule has 0 aliphatic carbocycles. The summed E-state index contributed by atoms with van der Waals surface area (Å²) in [5.41, 5.74) is 1.42. The molecule has 3 aromatic carbocycles. The van der Waals surface area contributed by atoms with E-state index in [1.807, 2.05) is 0 Å². The molecule has 0 aliphatic rings. The molecule has 11 nitrogen and oxygen atoms in total. The minimum absolute atomic E-state index is 0.0202. The fraction of sp³-hybridized carbons (Fsp3) is 0.111. The summed E-state index contributed by atoms with van der Waals surface area (Å²) in [4.78, 5) is 48.3. The Hall–Kier alpha value is -5.32. The molecule has 0 radical (unpaired) electrons. The van der Waals surface area contributed by atoms with Crippen LogP contribution in [0, 0.1) is 0 Å². The van der Waals surface area contributed by atoms with Crippen molar-refractivity contribution in [1.29, 1.82) is 0 Å². The number of carbonyl (C=O) groups is 3. The van der Waals surface area contributed by atoms with Crippen LogP contribution in [0.25, 0.3) is 34.2 Å². The number of rotatable bonds is 8. The number of esters is 2. The van der Waals surface area contributed by atoms with Crippen LogP contribution in [-0.4, -0.2) is 57.8 Å². The molecule has 0 atom stereocenters. The van der Waals surface area contributed by atoms with E-state index in [9.17, 15) is 24.6 Å². The number of methoxy groups -OCH3 is 2. The number of aromatic nitrogens is 3. The highest BCUT2D eigenvalue weighted by molar-refractivity contribution is 5.92. The summed E-state index contributed by atoms with van der Waals surface area (Å²) >= 11 is 0. The van der Waals surface area contributed by atoms with Crippen LogP contribution >= 0.6 is 0 Å². The standard InChI is InChI=1S/C27H21N3O8/c1-36-26(34)16-9-7-15(8-10-16)23-28-24(19-5-3-4-6-20(19)32)30-25(29-23)22-18(13-38-14-31)11-17(12-21(22)33)27(35)37-2/h3-12,14,32-33H,13H2,1-2H3. The zero-order chi connectivity index (χ0) is 27.2. The summed E-state index contributed by atoms with van der Waals surface area (Å²) in [5, 5.41) is 21.4. The zero-order valence-electron chi connectivity index (χ0n) is 20.2. The first-order chi connectivity index (χ1) is 18.4. The molecule has 0 amide bonds. The fourth-order valence-electron chi connectivity index (χ4n) is 3.69. The number of hydrogen-bond acceptors (Lipinski definition) is 11. The van der Waals surface area contributed by atoms with Crippen LogP contribution in [0.2, 0.25) is 0 Å². The normalized spacial score (nSPS) is 10.5. The van der Waals surface area contributed by atoms with Crippen molar-refractivity contribution in [2.45, 2.75) is 6.61 Å². The van der Waals surface area contributed by atoms with Crippen molar-refractivity contribution in [3.63, 3.8) is 0 Å². The maximum absolute atomic E-state index is 12.1. The molecule has 0 fully saturated rings. The van der Waals surface area contributed by atoms with Gasteiger partial charge in [-0.15, -0.1) is 0 Å². The number of benzene rings is 3. The Balaban J connectivity index is 1.95. The van der Waals surface area contributed by atoms with E-state index < -0.39 is 11.9 Å². The molecule has 192 valence electrons. The molecule has 4 aromatic rings. The minimum atomic E-state index is -0.712. The smallest absolute Gasteiger partial charge is 0.337 e. The van der Waals surface area contributed by atoms with Crippen LogP contribution in [0.4, 0.5) is 0 Å². The lowest BCUT2D eigenvalue weighted by molar-refractivity contribution is -0.129. The van der Waals surface area contributed by atoms with Gasteiger partial charge in [-0.05, 0) is 36.4 Å². The maximum Gasteiger partial charge on any atom is 0.337 e. The number of hydrogen-bond donors (Lipinski definition) is 2. The number of phenols is 2. The zero-order valence-corrected chi connectivity index (χ0v) is 20.2. The van der Waals surface area contributed by atoms with Gasteiger partial charge in [0, 0.05) is 11.1 Å². The van der Waals surface area contributed by atoms with Gasteiger partial charge in [-0.2, -0.15) is 0 Å². The quantitative estimate of drug-likeness (QED) is 0.201. The average molecular weight is 515 g/mol. The van der Waals surface area contributed by atoms with Crippen molar-refractivity contribution in [3.8, 4) is 45.7 Å². The molecular weight excluding hydrogens is 494 g/mol.